The van der Waals surface area contributed by atoms with Crippen molar-refractivity contribution in [2.24, 2.45) is 0 Å². The largest absolute Gasteiger partial charge is 0.394 e. The van der Waals surface area contributed by atoms with Gasteiger partial charge in [0.05, 0.1) is 25.4 Å². The van der Waals surface area contributed by atoms with E-state index in [2.05, 4.69) is 4.98 Å². The second-order valence-corrected chi connectivity index (χ2v) is 4.18. The Balaban J connectivity index is 2.12. The lowest BCUT2D eigenvalue weighted by atomic mass is 10.1. The molecule has 1 aromatic rings. The Morgan fingerprint density at radius 2 is 2.29 bits per heavy atom. The maximum Gasteiger partial charge on any atom is 0.254 e. The van der Waals surface area contributed by atoms with E-state index in [9.17, 15) is 4.79 Å². The number of rotatable bonds is 2. The van der Waals surface area contributed by atoms with E-state index in [1.165, 1.54) is 0 Å². The molecular formula is C12H16N2O3. The molecule has 0 saturated carbocycles. The van der Waals surface area contributed by atoms with Crippen molar-refractivity contribution in [3.63, 3.8) is 0 Å². The van der Waals surface area contributed by atoms with Crippen molar-refractivity contribution < 1.29 is 14.6 Å². The molecule has 0 aliphatic carbocycles. The minimum atomic E-state index is -0.281. The molecule has 0 radical (unpaired) electrons. The second kappa shape index (κ2) is 5.25. The maximum absolute atomic E-state index is 12.2. The lowest BCUT2D eigenvalue weighted by Crippen LogP contribution is -2.52. The van der Waals surface area contributed by atoms with Crippen LogP contribution in [0.25, 0.3) is 0 Å². The van der Waals surface area contributed by atoms with Gasteiger partial charge in [0.1, 0.15) is 0 Å². The smallest absolute Gasteiger partial charge is 0.254 e. The molecule has 5 nitrogen and oxygen atoms in total. The van der Waals surface area contributed by atoms with E-state index in [1.54, 1.807) is 29.4 Å². The lowest BCUT2D eigenvalue weighted by molar-refractivity contribution is -0.0667. The number of pyridine rings is 1. The van der Waals surface area contributed by atoms with Crippen LogP contribution in [-0.4, -0.2) is 52.8 Å². The number of carbonyl (C=O) groups is 1. The number of aromatic nitrogens is 1. The molecule has 92 valence electrons. The van der Waals surface area contributed by atoms with E-state index in [-0.39, 0.29) is 24.7 Å². The van der Waals surface area contributed by atoms with Crippen LogP contribution in [0.3, 0.4) is 0 Å². The summed E-state index contributed by atoms with van der Waals surface area (Å²) in [6.07, 6.45) is 2.92. The summed E-state index contributed by atoms with van der Waals surface area (Å²) in [5, 5.41) is 9.07. The van der Waals surface area contributed by atoms with Crippen LogP contribution in [0, 0.1) is 0 Å². The Bertz CT molecular complexity index is 383. The van der Waals surface area contributed by atoms with Crippen molar-refractivity contribution in [1.29, 1.82) is 0 Å². The van der Waals surface area contributed by atoms with Crippen LogP contribution in [0.5, 0.6) is 0 Å². The van der Waals surface area contributed by atoms with Crippen molar-refractivity contribution in [2.75, 3.05) is 19.8 Å². The van der Waals surface area contributed by atoms with Crippen LogP contribution in [0.1, 0.15) is 17.3 Å². The number of carbonyl (C=O) groups excluding carboxylic acids is 1. The van der Waals surface area contributed by atoms with E-state index in [4.69, 9.17) is 9.84 Å². The van der Waals surface area contributed by atoms with Crippen LogP contribution in [0.15, 0.2) is 24.5 Å². The Hall–Kier alpha value is -1.46. The molecule has 1 aliphatic rings. The molecule has 17 heavy (non-hydrogen) atoms. The second-order valence-electron chi connectivity index (χ2n) is 4.18. The minimum Gasteiger partial charge on any atom is -0.394 e. The van der Waals surface area contributed by atoms with Gasteiger partial charge >= 0.3 is 0 Å². The van der Waals surface area contributed by atoms with Gasteiger partial charge in [-0.3, -0.25) is 9.78 Å². The van der Waals surface area contributed by atoms with Crippen LogP contribution in [0.2, 0.25) is 0 Å². The number of amides is 1. The molecule has 1 saturated heterocycles. The number of morpholine rings is 1. The molecule has 2 heterocycles. The number of hydrogen-bond acceptors (Lipinski definition) is 4. The van der Waals surface area contributed by atoms with Gasteiger partial charge in [0.25, 0.3) is 5.91 Å². The zero-order chi connectivity index (χ0) is 12.3. The average Bonchev–Trinajstić information content (AvgIpc) is 2.39. The topological polar surface area (TPSA) is 62.7 Å². The summed E-state index contributed by atoms with van der Waals surface area (Å²) < 4.78 is 5.40. The summed E-state index contributed by atoms with van der Waals surface area (Å²) in [4.78, 5) is 17.9. The third-order valence-electron chi connectivity index (χ3n) is 2.90. The van der Waals surface area contributed by atoms with E-state index >= 15 is 0 Å². The molecule has 1 amide bonds. The van der Waals surface area contributed by atoms with Crippen molar-refractivity contribution in [2.45, 2.75) is 19.1 Å². The first-order valence-corrected chi connectivity index (χ1v) is 5.66. The van der Waals surface area contributed by atoms with Gasteiger partial charge in [-0.1, -0.05) is 0 Å². The summed E-state index contributed by atoms with van der Waals surface area (Å²) in [7, 11) is 0. The van der Waals surface area contributed by atoms with Crippen molar-refractivity contribution in [1.82, 2.24) is 9.88 Å². The summed E-state index contributed by atoms with van der Waals surface area (Å²) in [5.74, 6) is -0.0401. The molecule has 1 aliphatic heterocycles. The van der Waals surface area contributed by atoms with Gasteiger partial charge in [-0.2, -0.15) is 0 Å². The highest BCUT2D eigenvalue weighted by Crippen LogP contribution is 2.15. The SMILES string of the molecule is CC1COC(CO)CN1C(=O)c1ccncc1. The molecule has 0 spiro atoms. The van der Waals surface area contributed by atoms with Gasteiger partial charge in [0, 0.05) is 24.5 Å². The number of hydrogen-bond donors (Lipinski definition) is 1. The molecule has 0 aromatic carbocycles. The zero-order valence-electron chi connectivity index (χ0n) is 9.74. The predicted octanol–water partition coefficient (Wildman–Crippen LogP) is 0.303. The molecule has 5 heteroatoms. The van der Waals surface area contributed by atoms with E-state index < -0.39 is 0 Å². The highest BCUT2D eigenvalue weighted by molar-refractivity contribution is 5.94. The van der Waals surface area contributed by atoms with Gasteiger partial charge in [0.15, 0.2) is 0 Å². The van der Waals surface area contributed by atoms with Gasteiger partial charge in [0.2, 0.25) is 0 Å². The fraction of sp³-hybridized carbons (Fsp3) is 0.500. The van der Waals surface area contributed by atoms with Crippen LogP contribution in [0.4, 0.5) is 0 Å². The fourth-order valence-electron chi connectivity index (χ4n) is 1.87. The molecule has 2 unspecified atom stereocenters. The summed E-state index contributed by atoms with van der Waals surface area (Å²) >= 11 is 0. The maximum atomic E-state index is 12.2. The molecule has 1 fully saturated rings. The number of aliphatic hydroxyl groups excluding tert-OH is 1. The Kier molecular flexibility index (Phi) is 3.71. The third kappa shape index (κ3) is 2.62. The quantitative estimate of drug-likeness (QED) is 0.802. The van der Waals surface area contributed by atoms with Crippen LogP contribution < -0.4 is 0 Å². The van der Waals surface area contributed by atoms with Crippen molar-refractivity contribution in [3.05, 3.63) is 30.1 Å². The van der Waals surface area contributed by atoms with E-state index in [0.717, 1.165) is 0 Å². The highest BCUT2D eigenvalue weighted by Gasteiger charge is 2.29. The lowest BCUT2D eigenvalue weighted by Gasteiger charge is -2.37. The summed E-state index contributed by atoms with van der Waals surface area (Å²) in [6.45, 7) is 2.76. The van der Waals surface area contributed by atoms with Gasteiger partial charge < -0.3 is 14.7 Å². The molecular weight excluding hydrogens is 220 g/mol. The fourth-order valence-corrected chi connectivity index (χ4v) is 1.87. The monoisotopic (exact) mass is 236 g/mol. The Morgan fingerprint density at radius 1 is 1.59 bits per heavy atom. The highest BCUT2D eigenvalue weighted by atomic mass is 16.5. The molecule has 0 bridgehead atoms. The third-order valence-corrected chi connectivity index (χ3v) is 2.90. The summed E-state index contributed by atoms with van der Waals surface area (Å²) in [5.41, 5.74) is 0.616. The first-order chi connectivity index (χ1) is 8.22. The van der Waals surface area contributed by atoms with E-state index in [1.807, 2.05) is 6.92 Å². The minimum absolute atomic E-state index is 0.0264. The first kappa shape index (κ1) is 12.0. The molecule has 2 rings (SSSR count). The van der Waals surface area contributed by atoms with Crippen molar-refractivity contribution >= 4 is 5.91 Å². The standard InChI is InChI=1S/C12H16N2O3/c1-9-8-17-11(7-15)6-14(9)12(16)10-2-4-13-5-3-10/h2-5,9,11,15H,6-8H2,1H3. The first-order valence-electron chi connectivity index (χ1n) is 5.66. The van der Waals surface area contributed by atoms with E-state index in [0.29, 0.717) is 18.7 Å². The molecule has 1 aromatic heterocycles. The van der Waals surface area contributed by atoms with Crippen LogP contribution >= 0.6 is 0 Å². The average molecular weight is 236 g/mol. The Morgan fingerprint density at radius 3 is 2.94 bits per heavy atom. The van der Waals surface area contributed by atoms with Gasteiger partial charge in [-0.15, -0.1) is 0 Å². The summed E-state index contributed by atoms with van der Waals surface area (Å²) in [6, 6.07) is 3.41. The predicted molar refractivity (Wildman–Crippen MR) is 61.6 cm³/mol. The molecule has 1 N–H and O–H groups in total. The van der Waals surface area contributed by atoms with Gasteiger partial charge in [-0.25, -0.2) is 0 Å². The zero-order valence-corrected chi connectivity index (χ0v) is 9.74. The van der Waals surface area contributed by atoms with Crippen LogP contribution in [-0.2, 0) is 4.74 Å². The van der Waals surface area contributed by atoms with Gasteiger partial charge in [-0.05, 0) is 19.1 Å². The number of nitrogens with zero attached hydrogens (tertiary/aromatic N) is 2. The number of ether oxygens (including phenoxy) is 1. The Labute approximate surface area is 100 Å². The molecule has 2 atom stereocenters. The van der Waals surface area contributed by atoms with Crippen molar-refractivity contribution in [3.8, 4) is 0 Å². The normalized spacial score (nSPS) is 24.7. The number of aliphatic hydroxyl groups is 1.